The number of nitrogens with one attached hydrogen (secondary N) is 2. The third-order valence-electron chi connectivity index (χ3n) is 5.80. The molecule has 0 bridgehead atoms. The number of para-hydroxylation sites is 1. The van der Waals surface area contributed by atoms with Crippen LogP contribution in [0, 0.1) is 0 Å². The highest BCUT2D eigenvalue weighted by Crippen LogP contribution is 2.33. The number of benzene rings is 1. The van der Waals surface area contributed by atoms with E-state index in [9.17, 15) is 14.4 Å². The van der Waals surface area contributed by atoms with Crippen LogP contribution in [0.1, 0.15) is 36.0 Å². The molecule has 0 atom stereocenters. The fourth-order valence-electron chi connectivity index (χ4n) is 4.16. The molecule has 0 unspecified atom stereocenters. The number of carbonyl (C=O) groups is 2. The average molecular weight is 479 g/mol. The highest BCUT2D eigenvalue weighted by atomic mass is 32.1. The number of thiophene rings is 2. The summed E-state index contributed by atoms with van der Waals surface area (Å²) < 4.78 is 1.31. The van der Waals surface area contributed by atoms with Crippen molar-refractivity contribution in [3.05, 3.63) is 69.4 Å². The van der Waals surface area contributed by atoms with Crippen molar-refractivity contribution in [2.75, 3.05) is 5.32 Å². The summed E-state index contributed by atoms with van der Waals surface area (Å²) in [5.74, 6) is -0.593. The first kappa shape index (κ1) is 21.5. The molecule has 0 saturated heterocycles. The Morgan fingerprint density at radius 3 is 2.70 bits per heavy atom. The van der Waals surface area contributed by atoms with Crippen molar-refractivity contribution in [2.24, 2.45) is 0 Å². The standard InChI is InChI=1S/C24H22N4O3S2/c29-20(27-18-9-4-3-8-16(18)22(30)26-15-6-1-2-7-15)12-28-14-25-23-21(24(28)31)17(13-33-23)19-10-5-11-32-19/h3-5,8-11,13-15H,1-2,6-7,12H2,(H,26,30)(H,27,29). The third-order valence-corrected chi connectivity index (χ3v) is 7.59. The molecule has 0 aliphatic heterocycles. The van der Waals surface area contributed by atoms with E-state index in [0.29, 0.717) is 21.5 Å². The fraction of sp³-hybridized carbons (Fsp3) is 0.250. The van der Waals surface area contributed by atoms with Gasteiger partial charge in [0.25, 0.3) is 11.5 Å². The van der Waals surface area contributed by atoms with Crippen molar-refractivity contribution in [3.63, 3.8) is 0 Å². The van der Waals surface area contributed by atoms with Crippen molar-refractivity contribution >= 4 is 50.4 Å². The molecule has 3 heterocycles. The predicted octanol–water partition coefficient (Wildman–Crippen LogP) is 4.50. The minimum Gasteiger partial charge on any atom is -0.349 e. The van der Waals surface area contributed by atoms with Gasteiger partial charge in [-0.3, -0.25) is 19.0 Å². The lowest BCUT2D eigenvalue weighted by Gasteiger charge is -2.15. The Kier molecular flexibility index (Phi) is 6.06. The zero-order valence-electron chi connectivity index (χ0n) is 17.7. The average Bonchev–Trinajstić information content (AvgIpc) is 3.58. The van der Waals surface area contributed by atoms with E-state index in [1.165, 1.54) is 22.2 Å². The van der Waals surface area contributed by atoms with Crippen molar-refractivity contribution in [3.8, 4) is 10.4 Å². The summed E-state index contributed by atoms with van der Waals surface area (Å²) in [7, 11) is 0. The number of anilines is 1. The molecule has 4 aromatic rings. The SMILES string of the molecule is O=C(Cn1cnc2scc(-c3cccs3)c2c1=O)Nc1ccccc1C(=O)NC1CCCC1. The van der Waals surface area contributed by atoms with Gasteiger partial charge in [-0.25, -0.2) is 4.98 Å². The van der Waals surface area contributed by atoms with Crippen molar-refractivity contribution in [2.45, 2.75) is 38.3 Å². The zero-order valence-corrected chi connectivity index (χ0v) is 19.4. The van der Waals surface area contributed by atoms with Gasteiger partial charge < -0.3 is 10.6 Å². The summed E-state index contributed by atoms with van der Waals surface area (Å²) in [6, 6.07) is 11.0. The van der Waals surface area contributed by atoms with E-state index in [2.05, 4.69) is 15.6 Å². The third kappa shape index (κ3) is 4.46. The largest absolute Gasteiger partial charge is 0.349 e. The van der Waals surface area contributed by atoms with Crippen LogP contribution in [-0.2, 0) is 11.3 Å². The van der Waals surface area contributed by atoms with Gasteiger partial charge in [-0.05, 0) is 36.4 Å². The Hall–Kier alpha value is -3.30. The zero-order chi connectivity index (χ0) is 22.8. The van der Waals surface area contributed by atoms with Crippen molar-refractivity contribution in [1.29, 1.82) is 0 Å². The number of amides is 2. The van der Waals surface area contributed by atoms with Crippen LogP contribution in [0.3, 0.4) is 0 Å². The van der Waals surface area contributed by atoms with Gasteiger partial charge in [-0.2, -0.15) is 0 Å². The van der Waals surface area contributed by atoms with E-state index in [0.717, 1.165) is 36.1 Å². The molecule has 5 rings (SSSR count). The molecule has 2 N–H and O–H groups in total. The first-order chi connectivity index (χ1) is 16.1. The Labute approximate surface area is 198 Å². The minimum absolute atomic E-state index is 0.181. The van der Waals surface area contributed by atoms with Crippen molar-refractivity contribution in [1.82, 2.24) is 14.9 Å². The van der Waals surface area contributed by atoms with Gasteiger partial charge in [0, 0.05) is 21.9 Å². The molecule has 9 heteroatoms. The van der Waals surface area contributed by atoms with Crippen LogP contribution in [0.2, 0.25) is 0 Å². The van der Waals surface area contributed by atoms with Crippen LogP contribution in [0.15, 0.2) is 58.3 Å². The summed E-state index contributed by atoms with van der Waals surface area (Å²) in [5, 5.41) is 10.3. The monoisotopic (exact) mass is 478 g/mol. The summed E-state index contributed by atoms with van der Waals surface area (Å²) >= 11 is 2.97. The van der Waals surface area contributed by atoms with Gasteiger partial charge in [0.1, 0.15) is 11.4 Å². The quantitative estimate of drug-likeness (QED) is 0.427. The maximum absolute atomic E-state index is 13.2. The minimum atomic E-state index is -0.396. The van der Waals surface area contributed by atoms with Gasteiger partial charge in [-0.15, -0.1) is 22.7 Å². The number of hydrogen-bond donors (Lipinski definition) is 2. The summed E-state index contributed by atoms with van der Waals surface area (Å²) in [6.45, 7) is -0.194. The van der Waals surface area contributed by atoms with Crippen LogP contribution in [0.4, 0.5) is 5.69 Å². The smallest absolute Gasteiger partial charge is 0.263 e. The van der Waals surface area contributed by atoms with Crippen LogP contribution in [0.25, 0.3) is 20.7 Å². The van der Waals surface area contributed by atoms with Gasteiger partial charge in [-0.1, -0.05) is 31.0 Å². The summed E-state index contributed by atoms with van der Waals surface area (Å²) in [4.78, 5) is 44.7. The molecule has 1 fully saturated rings. The van der Waals surface area contributed by atoms with Gasteiger partial charge in [0.05, 0.1) is 23.0 Å². The molecular weight excluding hydrogens is 456 g/mol. The molecule has 7 nitrogen and oxygen atoms in total. The molecule has 1 saturated carbocycles. The van der Waals surface area contributed by atoms with E-state index >= 15 is 0 Å². The topological polar surface area (TPSA) is 93.1 Å². The predicted molar refractivity (Wildman–Crippen MR) is 132 cm³/mol. The first-order valence-electron chi connectivity index (χ1n) is 10.8. The van der Waals surface area contributed by atoms with Gasteiger partial charge >= 0.3 is 0 Å². The van der Waals surface area contributed by atoms with Crippen molar-refractivity contribution < 1.29 is 9.59 Å². The molecule has 0 radical (unpaired) electrons. The van der Waals surface area contributed by atoms with Crippen LogP contribution < -0.4 is 16.2 Å². The number of hydrogen-bond acceptors (Lipinski definition) is 6. The second kappa shape index (κ2) is 9.29. The van der Waals surface area contributed by atoms with E-state index in [1.807, 2.05) is 22.9 Å². The molecule has 168 valence electrons. The normalized spacial score (nSPS) is 13.9. The summed E-state index contributed by atoms with van der Waals surface area (Å²) in [6.07, 6.45) is 5.60. The number of rotatable bonds is 6. The highest BCUT2D eigenvalue weighted by molar-refractivity contribution is 7.18. The first-order valence-corrected chi connectivity index (χ1v) is 12.6. The molecule has 2 amide bonds. The maximum Gasteiger partial charge on any atom is 0.263 e. The Balaban J connectivity index is 1.36. The second-order valence-corrected chi connectivity index (χ2v) is 9.84. The van der Waals surface area contributed by atoms with E-state index in [-0.39, 0.29) is 24.1 Å². The molecule has 1 aliphatic rings. The van der Waals surface area contributed by atoms with Crippen LogP contribution in [-0.4, -0.2) is 27.4 Å². The molecule has 1 aliphatic carbocycles. The van der Waals surface area contributed by atoms with E-state index in [1.54, 1.807) is 35.6 Å². The lowest BCUT2D eigenvalue weighted by molar-refractivity contribution is -0.116. The van der Waals surface area contributed by atoms with E-state index < -0.39 is 5.91 Å². The Bertz CT molecular complexity index is 1370. The van der Waals surface area contributed by atoms with Gasteiger partial charge in [0.2, 0.25) is 5.91 Å². The molecule has 33 heavy (non-hydrogen) atoms. The maximum atomic E-state index is 13.2. The lowest BCUT2D eigenvalue weighted by atomic mass is 10.1. The molecule has 0 spiro atoms. The van der Waals surface area contributed by atoms with Crippen LogP contribution in [0.5, 0.6) is 0 Å². The molecule has 3 aromatic heterocycles. The summed E-state index contributed by atoms with van der Waals surface area (Å²) in [5.41, 5.74) is 1.42. The van der Waals surface area contributed by atoms with Gasteiger partial charge in [0.15, 0.2) is 0 Å². The van der Waals surface area contributed by atoms with E-state index in [4.69, 9.17) is 0 Å². The Morgan fingerprint density at radius 2 is 1.91 bits per heavy atom. The van der Waals surface area contributed by atoms with Crippen LogP contribution >= 0.6 is 22.7 Å². The molecular formula is C24H22N4O3S2. The number of aromatic nitrogens is 2. The fourth-order valence-corrected chi connectivity index (χ4v) is 5.88. The number of fused-ring (bicyclic) bond motifs is 1. The number of carbonyl (C=O) groups excluding carboxylic acids is 2. The molecule has 1 aromatic carbocycles. The Morgan fingerprint density at radius 1 is 1.09 bits per heavy atom. The highest BCUT2D eigenvalue weighted by Gasteiger charge is 2.21. The lowest BCUT2D eigenvalue weighted by Crippen LogP contribution is -2.33. The number of nitrogens with zero attached hydrogens (tertiary/aromatic N) is 2. The second-order valence-electron chi connectivity index (χ2n) is 8.03.